The van der Waals surface area contributed by atoms with Gasteiger partial charge in [-0.1, -0.05) is 68.5 Å². The second-order valence-corrected chi connectivity index (χ2v) is 23.5. The van der Waals surface area contributed by atoms with Crippen LogP contribution >= 0.6 is 0 Å². The Labute approximate surface area is 385 Å². The van der Waals surface area contributed by atoms with Crippen molar-refractivity contribution in [2.75, 3.05) is 0 Å². The summed E-state index contributed by atoms with van der Waals surface area (Å²) in [6.45, 7) is 21.7. The van der Waals surface area contributed by atoms with Crippen molar-refractivity contribution in [2.45, 2.75) is 99.0 Å². The number of hydrogen-bond acceptors (Lipinski definition) is 5. The molecule has 2 radical (unpaired) electrons. The van der Waals surface area contributed by atoms with E-state index in [0.717, 1.165) is 89.5 Å². The Kier molecular flexibility index (Phi) is 13.1. The van der Waals surface area contributed by atoms with Gasteiger partial charge in [0.2, 0.25) is 5.71 Å². The van der Waals surface area contributed by atoms with Crippen molar-refractivity contribution < 1.29 is 24.5 Å². The Morgan fingerprint density at radius 2 is 1.58 bits per heavy atom. The maximum absolute atomic E-state index is 6.62. The third kappa shape index (κ3) is 8.69. The molecule has 0 saturated heterocycles. The Bertz CT molecular complexity index is 3060. The van der Waals surface area contributed by atoms with Gasteiger partial charge < -0.3 is 8.98 Å². The molecule has 5 heterocycles. The SMILES string of the molecule is CCC(C)Cc1cc(-c2[c-]cccc2)nc[c]1[Ge]([CH3])[CH3].Cc1cc(C)c(-n2c(-c3[c-]cc(C)c4c3oc3nc(C(C)(C)C)ccc34)nc3ccc4ccc(C)nc4c32)c(C)c1.[Ir]. The van der Waals surface area contributed by atoms with E-state index in [0.29, 0.717) is 5.71 Å². The molecule has 8 heteroatoms. The molecular formula is C54H56GeIrN5O-2. The first-order chi connectivity index (χ1) is 29.1. The summed E-state index contributed by atoms with van der Waals surface area (Å²) in [5.41, 5.74) is 16.4. The fraction of sp³-hybridized carbons (Fsp3) is 0.296. The molecule has 0 aliphatic rings. The average Bonchev–Trinajstić information content (AvgIpc) is 3.80. The van der Waals surface area contributed by atoms with Gasteiger partial charge in [-0.2, -0.15) is 0 Å². The van der Waals surface area contributed by atoms with E-state index >= 15 is 0 Å². The number of aromatic nitrogens is 5. The zero-order chi connectivity index (χ0) is 43.3. The number of nitrogens with zero attached hydrogens (tertiary/aromatic N) is 5. The number of benzene rings is 4. The molecule has 318 valence electrons. The van der Waals surface area contributed by atoms with Gasteiger partial charge >= 0.3 is 127 Å². The molecule has 1 atom stereocenters. The van der Waals surface area contributed by atoms with Crippen LogP contribution in [-0.4, -0.2) is 38.9 Å². The Hall–Kier alpha value is -4.95. The molecule has 62 heavy (non-hydrogen) atoms. The predicted molar refractivity (Wildman–Crippen MR) is 257 cm³/mol. The third-order valence-electron chi connectivity index (χ3n) is 11.9. The molecule has 0 aliphatic carbocycles. The molecule has 9 rings (SSSR count). The molecule has 5 aromatic heterocycles. The summed E-state index contributed by atoms with van der Waals surface area (Å²) in [6, 6.07) is 36.4. The van der Waals surface area contributed by atoms with Crippen molar-refractivity contribution in [3.05, 3.63) is 142 Å². The quantitative estimate of drug-likeness (QED) is 0.117. The molecule has 0 aliphatic heterocycles. The number of imidazole rings is 1. The van der Waals surface area contributed by atoms with E-state index in [-0.39, 0.29) is 25.5 Å². The molecule has 0 fully saturated rings. The summed E-state index contributed by atoms with van der Waals surface area (Å²) in [5.74, 6) is 6.34. The van der Waals surface area contributed by atoms with Crippen LogP contribution in [0.4, 0.5) is 0 Å². The van der Waals surface area contributed by atoms with Gasteiger partial charge in [-0.3, -0.25) is 9.97 Å². The van der Waals surface area contributed by atoms with Crippen molar-refractivity contribution in [1.29, 1.82) is 0 Å². The first-order valence-electron chi connectivity index (χ1n) is 21.5. The molecule has 0 saturated carbocycles. The van der Waals surface area contributed by atoms with E-state index in [2.05, 4.69) is 168 Å². The van der Waals surface area contributed by atoms with Crippen LogP contribution in [0.5, 0.6) is 0 Å². The van der Waals surface area contributed by atoms with Crippen molar-refractivity contribution in [3.8, 4) is 28.3 Å². The van der Waals surface area contributed by atoms with Crippen LogP contribution < -0.4 is 4.40 Å². The van der Waals surface area contributed by atoms with E-state index in [9.17, 15) is 0 Å². The normalized spacial score (nSPS) is 12.3. The number of hydrogen-bond donors (Lipinski definition) is 0. The standard InChI is InChI=1S/C36H33N4O.C18H23GeN.Ir/c1-19-17-21(3)31(22(4)18-19)40-32-27(15-12-24-11-10-23(5)37-30(24)32)38-34(40)26-13-9-20(2)29-25-14-16-28(36(6,7)8)39-35(25)41-33(26)29;1-5-14(2)11-16-12-18(15-9-7-6-8-10-15)20-13-17(16)19(3)4;/h9-12,14-18H,1-8H3;6-9,12-14H,5,11H2,1-4H3;/q2*-1;. The van der Waals surface area contributed by atoms with Crippen LogP contribution in [0, 0.1) is 52.7 Å². The van der Waals surface area contributed by atoms with Crippen molar-refractivity contribution >= 4 is 62.7 Å². The van der Waals surface area contributed by atoms with E-state index in [1.807, 2.05) is 25.1 Å². The van der Waals surface area contributed by atoms with Crippen LogP contribution in [0.2, 0.25) is 11.5 Å². The summed E-state index contributed by atoms with van der Waals surface area (Å²) in [7, 11) is 0. The van der Waals surface area contributed by atoms with E-state index in [4.69, 9.17) is 19.4 Å². The summed E-state index contributed by atoms with van der Waals surface area (Å²) in [6.07, 6.45) is 4.53. The van der Waals surface area contributed by atoms with Gasteiger partial charge in [-0.05, 0) is 63.1 Å². The second kappa shape index (κ2) is 18.0. The van der Waals surface area contributed by atoms with Gasteiger partial charge in [-0.25, -0.2) is 4.98 Å². The molecule has 0 bridgehead atoms. The van der Waals surface area contributed by atoms with Crippen LogP contribution in [0.1, 0.15) is 80.2 Å². The topological polar surface area (TPSA) is 69.6 Å². The Morgan fingerprint density at radius 1 is 0.839 bits per heavy atom. The van der Waals surface area contributed by atoms with Crippen molar-refractivity contribution in [3.63, 3.8) is 0 Å². The third-order valence-corrected chi connectivity index (χ3v) is 15.1. The number of rotatable bonds is 7. The maximum atomic E-state index is 6.62. The van der Waals surface area contributed by atoms with Gasteiger partial charge in [0, 0.05) is 53.4 Å². The van der Waals surface area contributed by atoms with Gasteiger partial charge in [0.15, 0.2) is 0 Å². The van der Waals surface area contributed by atoms with Crippen LogP contribution in [-0.2, 0) is 31.9 Å². The van der Waals surface area contributed by atoms with Crippen molar-refractivity contribution in [1.82, 2.24) is 24.5 Å². The predicted octanol–water partition coefficient (Wildman–Crippen LogP) is 13.3. The largest absolute Gasteiger partial charge is 0.486 e. The van der Waals surface area contributed by atoms with E-state index in [1.54, 1.807) is 4.40 Å². The number of pyridine rings is 3. The first-order valence-corrected chi connectivity index (χ1v) is 26.8. The van der Waals surface area contributed by atoms with Crippen LogP contribution in [0.3, 0.4) is 0 Å². The molecule has 0 spiro atoms. The van der Waals surface area contributed by atoms with Crippen LogP contribution in [0.25, 0.3) is 72.3 Å². The molecule has 4 aromatic carbocycles. The minimum absolute atomic E-state index is 0. The molecule has 0 N–H and O–H groups in total. The zero-order valence-electron chi connectivity index (χ0n) is 38.1. The average molecular weight is 1060 g/mol. The minimum Gasteiger partial charge on any atom is -0.486 e. The maximum Gasteiger partial charge on any atom is 0.216 e. The second-order valence-electron chi connectivity index (χ2n) is 18.1. The van der Waals surface area contributed by atoms with Gasteiger partial charge in [0.25, 0.3) is 0 Å². The summed E-state index contributed by atoms with van der Waals surface area (Å²) < 4.78 is 10.4. The molecule has 6 nitrogen and oxygen atoms in total. The van der Waals surface area contributed by atoms with E-state index < -0.39 is 14.3 Å². The molecule has 0 amide bonds. The number of fused-ring (bicyclic) bond motifs is 6. The monoisotopic (exact) mass is 1060 g/mol. The molecule has 9 aromatic rings. The summed E-state index contributed by atoms with van der Waals surface area (Å²) in [5, 5.41) is 3.14. The van der Waals surface area contributed by atoms with Gasteiger partial charge in [0.1, 0.15) is 0 Å². The first kappa shape index (κ1) is 45.1. The Morgan fingerprint density at radius 3 is 2.26 bits per heavy atom. The number of furan rings is 1. The Balaban J connectivity index is 0.000000233. The van der Waals surface area contributed by atoms with E-state index in [1.165, 1.54) is 35.1 Å². The van der Waals surface area contributed by atoms with Gasteiger partial charge in [0.05, 0.1) is 28.0 Å². The van der Waals surface area contributed by atoms with Gasteiger partial charge in [-0.15, -0.1) is 17.7 Å². The zero-order valence-corrected chi connectivity index (χ0v) is 42.6. The smallest absolute Gasteiger partial charge is 0.216 e. The fourth-order valence-electron chi connectivity index (χ4n) is 8.54. The van der Waals surface area contributed by atoms with Crippen molar-refractivity contribution in [2.24, 2.45) is 5.92 Å². The minimum atomic E-state index is -1.10. The molecule has 1 unspecified atom stereocenters. The summed E-state index contributed by atoms with van der Waals surface area (Å²) >= 11 is -1.10. The fourth-order valence-corrected chi connectivity index (χ4v) is 10.9. The summed E-state index contributed by atoms with van der Waals surface area (Å²) in [4.78, 5) is 19.9. The number of aryl methyl sites for hydroxylation is 5. The molecular weight excluding hydrogens is 999 g/mol. The van der Waals surface area contributed by atoms with Crippen LogP contribution in [0.15, 0.2) is 95.5 Å².